The van der Waals surface area contributed by atoms with Gasteiger partial charge in [-0.05, 0) is 38.9 Å². The number of nitrogens with one attached hydrogen (secondary N) is 1. The number of hydrogen-bond donors (Lipinski definition) is 1. The molecule has 8 heteroatoms. The molecule has 2 aliphatic rings. The second-order valence-corrected chi connectivity index (χ2v) is 9.86. The Kier molecular flexibility index (Phi) is 8.00. The average Bonchev–Trinajstić information content (AvgIpc) is 2.82. The van der Waals surface area contributed by atoms with Crippen molar-refractivity contribution in [2.75, 3.05) is 64.3 Å². The van der Waals surface area contributed by atoms with Crippen LogP contribution in [0.2, 0.25) is 0 Å². The molecule has 0 unspecified atom stereocenters. The summed E-state index contributed by atoms with van der Waals surface area (Å²) >= 11 is 1.65. The number of hydrogen-bond acceptors (Lipinski definition) is 7. The highest BCUT2D eigenvalue weighted by Crippen LogP contribution is 2.34. The summed E-state index contributed by atoms with van der Waals surface area (Å²) in [5, 5.41) is 4.09. The predicted molar refractivity (Wildman–Crippen MR) is 129 cm³/mol. The Morgan fingerprint density at radius 1 is 1.03 bits per heavy atom. The van der Waals surface area contributed by atoms with Crippen molar-refractivity contribution in [2.24, 2.45) is 5.92 Å². The molecule has 0 bridgehead atoms. The fourth-order valence-corrected chi connectivity index (χ4v) is 5.11. The highest BCUT2D eigenvalue weighted by atomic mass is 32.2. The normalized spacial score (nSPS) is 18.6. The minimum atomic E-state index is 0.0867. The van der Waals surface area contributed by atoms with Gasteiger partial charge in [0.15, 0.2) is 5.82 Å². The van der Waals surface area contributed by atoms with Crippen molar-refractivity contribution < 1.29 is 4.79 Å². The summed E-state index contributed by atoms with van der Waals surface area (Å²) in [6, 6.07) is 8.48. The summed E-state index contributed by atoms with van der Waals surface area (Å²) in [4.78, 5) is 30.1. The summed E-state index contributed by atoms with van der Waals surface area (Å²) in [6.07, 6.45) is 5.21. The molecule has 2 aromatic rings. The quantitative estimate of drug-likeness (QED) is 0.690. The van der Waals surface area contributed by atoms with Crippen molar-refractivity contribution >= 4 is 23.5 Å². The van der Waals surface area contributed by atoms with Crippen molar-refractivity contribution in [2.45, 2.75) is 29.7 Å². The monoisotopic (exact) mass is 454 g/mol. The third-order valence-electron chi connectivity index (χ3n) is 6.37. The lowest BCUT2D eigenvalue weighted by Gasteiger charge is -2.33. The molecule has 1 amide bonds. The molecule has 2 aliphatic heterocycles. The molecule has 1 aromatic heterocycles. The van der Waals surface area contributed by atoms with E-state index in [0.717, 1.165) is 80.9 Å². The van der Waals surface area contributed by atoms with E-state index in [-0.39, 0.29) is 11.8 Å². The van der Waals surface area contributed by atoms with Gasteiger partial charge in [-0.15, -0.1) is 0 Å². The maximum Gasteiger partial charge on any atom is 0.223 e. The van der Waals surface area contributed by atoms with E-state index in [2.05, 4.69) is 68.2 Å². The van der Waals surface area contributed by atoms with Crippen molar-refractivity contribution in [3.63, 3.8) is 0 Å². The number of amides is 1. The molecule has 2 saturated heterocycles. The fraction of sp³-hybridized carbons (Fsp3) is 0.542. The number of rotatable bonds is 7. The van der Waals surface area contributed by atoms with E-state index in [4.69, 9.17) is 0 Å². The molecule has 2 fully saturated rings. The van der Waals surface area contributed by atoms with Gasteiger partial charge in [0.25, 0.3) is 0 Å². The van der Waals surface area contributed by atoms with Crippen LogP contribution in [-0.4, -0.2) is 85.1 Å². The molecule has 4 rings (SSSR count). The van der Waals surface area contributed by atoms with Crippen molar-refractivity contribution in [1.29, 1.82) is 0 Å². The Hall–Kier alpha value is -2.16. The third kappa shape index (κ3) is 6.21. The number of piperazine rings is 1. The summed E-state index contributed by atoms with van der Waals surface area (Å²) < 4.78 is 0. The molecular formula is C24H34N6OS. The van der Waals surface area contributed by atoms with Crippen LogP contribution in [0.4, 0.5) is 5.82 Å². The topological polar surface area (TPSA) is 64.6 Å². The minimum absolute atomic E-state index is 0.0867. The molecule has 0 aliphatic carbocycles. The van der Waals surface area contributed by atoms with Gasteiger partial charge in [0.2, 0.25) is 5.91 Å². The number of benzene rings is 1. The van der Waals surface area contributed by atoms with Crippen LogP contribution in [-0.2, 0) is 4.79 Å². The molecule has 172 valence electrons. The van der Waals surface area contributed by atoms with E-state index >= 15 is 0 Å². The second kappa shape index (κ2) is 11.1. The van der Waals surface area contributed by atoms with Gasteiger partial charge in [0.1, 0.15) is 5.03 Å². The van der Waals surface area contributed by atoms with Gasteiger partial charge in [-0.2, -0.15) is 0 Å². The van der Waals surface area contributed by atoms with Crippen molar-refractivity contribution in [3.05, 3.63) is 42.2 Å². The number of carbonyl (C=O) groups is 1. The Bertz CT molecular complexity index is 876. The molecule has 32 heavy (non-hydrogen) atoms. The zero-order valence-corrected chi connectivity index (χ0v) is 20.0. The van der Waals surface area contributed by atoms with E-state index in [0.29, 0.717) is 0 Å². The van der Waals surface area contributed by atoms with Crippen LogP contribution in [0.15, 0.2) is 46.6 Å². The van der Waals surface area contributed by atoms with Crippen LogP contribution >= 0.6 is 11.8 Å². The number of nitrogens with zero attached hydrogens (tertiary/aromatic N) is 5. The Morgan fingerprint density at radius 2 is 1.72 bits per heavy atom. The van der Waals surface area contributed by atoms with Crippen LogP contribution < -0.4 is 10.2 Å². The Morgan fingerprint density at radius 3 is 2.44 bits per heavy atom. The lowest BCUT2D eigenvalue weighted by Crippen LogP contribution is -2.48. The number of aryl methyl sites for hydroxylation is 1. The first kappa shape index (κ1) is 23.0. The van der Waals surface area contributed by atoms with Gasteiger partial charge in [-0.1, -0.05) is 29.5 Å². The van der Waals surface area contributed by atoms with E-state index in [1.807, 2.05) is 0 Å². The molecule has 0 spiro atoms. The molecule has 1 N–H and O–H groups in total. The average molecular weight is 455 g/mol. The van der Waals surface area contributed by atoms with Gasteiger partial charge in [0, 0.05) is 75.6 Å². The standard InChI is InChI=1S/C24H34N6OS/c1-19-3-5-21(6-4-19)32-24-22(25-9-10-27-24)30-12-7-20(8-13-30)23(31)26-11-14-29-17-15-28(2)16-18-29/h3-6,9-10,20H,7-8,11-18H2,1-2H3,(H,26,31). The van der Waals surface area contributed by atoms with Crippen molar-refractivity contribution in [1.82, 2.24) is 25.1 Å². The first-order valence-electron chi connectivity index (χ1n) is 11.6. The van der Waals surface area contributed by atoms with Gasteiger partial charge >= 0.3 is 0 Å². The van der Waals surface area contributed by atoms with E-state index < -0.39 is 0 Å². The summed E-state index contributed by atoms with van der Waals surface area (Å²) in [5.74, 6) is 1.21. The maximum atomic E-state index is 12.7. The van der Waals surface area contributed by atoms with Gasteiger partial charge < -0.3 is 15.1 Å². The van der Waals surface area contributed by atoms with Crippen LogP contribution in [0.5, 0.6) is 0 Å². The minimum Gasteiger partial charge on any atom is -0.355 e. The summed E-state index contributed by atoms with van der Waals surface area (Å²) in [5.41, 5.74) is 1.25. The molecule has 0 atom stereocenters. The second-order valence-electron chi connectivity index (χ2n) is 8.80. The number of carbonyl (C=O) groups excluding carboxylic acids is 1. The number of piperidine rings is 1. The zero-order valence-electron chi connectivity index (χ0n) is 19.2. The largest absolute Gasteiger partial charge is 0.355 e. The van der Waals surface area contributed by atoms with E-state index in [1.165, 1.54) is 5.56 Å². The predicted octanol–water partition coefficient (Wildman–Crippen LogP) is 2.52. The smallest absolute Gasteiger partial charge is 0.223 e. The molecule has 0 saturated carbocycles. The van der Waals surface area contributed by atoms with E-state index in [1.54, 1.807) is 24.2 Å². The molecule has 1 aromatic carbocycles. The fourth-order valence-electron chi connectivity index (χ4n) is 4.23. The first-order chi connectivity index (χ1) is 15.6. The third-order valence-corrected chi connectivity index (χ3v) is 7.36. The summed E-state index contributed by atoms with van der Waals surface area (Å²) in [6.45, 7) is 9.83. The highest BCUT2D eigenvalue weighted by Gasteiger charge is 2.27. The van der Waals surface area contributed by atoms with Gasteiger partial charge in [-0.25, -0.2) is 9.97 Å². The lowest BCUT2D eigenvalue weighted by atomic mass is 9.96. The molecule has 3 heterocycles. The van der Waals surface area contributed by atoms with Crippen LogP contribution in [0.25, 0.3) is 0 Å². The molecular weight excluding hydrogens is 420 g/mol. The molecule has 7 nitrogen and oxygen atoms in total. The number of aromatic nitrogens is 2. The first-order valence-corrected chi connectivity index (χ1v) is 12.4. The highest BCUT2D eigenvalue weighted by molar-refractivity contribution is 7.99. The lowest BCUT2D eigenvalue weighted by molar-refractivity contribution is -0.125. The van der Waals surface area contributed by atoms with E-state index in [9.17, 15) is 4.79 Å². The van der Waals surface area contributed by atoms with Gasteiger partial charge in [-0.3, -0.25) is 9.69 Å². The van der Waals surface area contributed by atoms with Crippen LogP contribution in [0, 0.1) is 12.8 Å². The van der Waals surface area contributed by atoms with Gasteiger partial charge in [0.05, 0.1) is 0 Å². The summed E-state index contributed by atoms with van der Waals surface area (Å²) in [7, 11) is 2.16. The zero-order chi connectivity index (χ0) is 22.3. The SMILES string of the molecule is Cc1ccc(Sc2nccnc2N2CCC(C(=O)NCCN3CCN(C)CC3)CC2)cc1. The number of anilines is 1. The Balaban J connectivity index is 1.25. The van der Waals surface area contributed by atoms with Crippen LogP contribution in [0.1, 0.15) is 18.4 Å². The number of likely N-dealkylation sites (N-methyl/N-ethyl adjacent to an activating group) is 1. The Labute approximate surface area is 195 Å². The maximum absolute atomic E-state index is 12.7. The van der Waals surface area contributed by atoms with Crippen LogP contribution in [0.3, 0.4) is 0 Å². The molecule has 0 radical (unpaired) electrons. The van der Waals surface area contributed by atoms with Crippen molar-refractivity contribution in [3.8, 4) is 0 Å².